The van der Waals surface area contributed by atoms with Gasteiger partial charge in [-0.2, -0.15) is 5.26 Å². The van der Waals surface area contributed by atoms with Gasteiger partial charge in [-0.05, 0) is 44.7 Å². The maximum atomic E-state index is 12.1. The first-order chi connectivity index (χ1) is 11.8. The van der Waals surface area contributed by atoms with Gasteiger partial charge in [0.15, 0.2) is 0 Å². The van der Waals surface area contributed by atoms with Crippen molar-refractivity contribution in [3.05, 3.63) is 35.4 Å². The van der Waals surface area contributed by atoms with E-state index in [-0.39, 0.29) is 12.7 Å². The molecule has 1 saturated heterocycles. The number of rotatable bonds is 2. The summed E-state index contributed by atoms with van der Waals surface area (Å²) in [5, 5.41) is 18.8. The first-order valence-corrected chi connectivity index (χ1v) is 8.89. The fourth-order valence-electron chi connectivity index (χ4n) is 2.79. The van der Waals surface area contributed by atoms with Gasteiger partial charge in [0, 0.05) is 13.1 Å². The predicted molar refractivity (Wildman–Crippen MR) is 98.0 cm³/mol. The molecule has 2 rings (SSSR count). The summed E-state index contributed by atoms with van der Waals surface area (Å²) in [4.78, 5) is 13.8. The maximum Gasteiger partial charge on any atom is 0.410 e. The fraction of sp³-hybridized carbons (Fsp3) is 0.600. The van der Waals surface area contributed by atoms with Gasteiger partial charge in [0.1, 0.15) is 5.60 Å². The summed E-state index contributed by atoms with van der Waals surface area (Å²) >= 11 is 0. The molecule has 1 heterocycles. The molecule has 0 bridgehead atoms. The van der Waals surface area contributed by atoms with Gasteiger partial charge in [0.2, 0.25) is 0 Å². The molecule has 1 fully saturated rings. The van der Waals surface area contributed by atoms with Crippen LogP contribution in [0.5, 0.6) is 0 Å². The third kappa shape index (κ3) is 5.47. The topological polar surface area (TPSA) is 73.6 Å². The van der Waals surface area contributed by atoms with Crippen molar-refractivity contribution in [1.29, 1.82) is 5.26 Å². The number of aliphatic hydroxyl groups excluding tert-OH is 1. The molecule has 1 aromatic carbocycles. The van der Waals surface area contributed by atoms with Gasteiger partial charge in [0.25, 0.3) is 0 Å². The van der Waals surface area contributed by atoms with Crippen molar-refractivity contribution in [2.45, 2.75) is 65.1 Å². The highest BCUT2D eigenvalue weighted by molar-refractivity contribution is 5.68. The van der Waals surface area contributed by atoms with Gasteiger partial charge in [-0.15, -0.1) is 0 Å². The van der Waals surface area contributed by atoms with Crippen LogP contribution < -0.4 is 0 Å². The predicted octanol–water partition coefficient (Wildman–Crippen LogP) is 4.00. The summed E-state index contributed by atoms with van der Waals surface area (Å²) in [6.07, 6.45) is 0.849. The van der Waals surface area contributed by atoms with E-state index >= 15 is 0 Å². The van der Waals surface area contributed by atoms with Crippen LogP contribution in [0.4, 0.5) is 4.79 Å². The third-order valence-electron chi connectivity index (χ3n) is 4.17. The van der Waals surface area contributed by atoms with E-state index in [1.54, 1.807) is 4.90 Å². The number of piperidine rings is 1. The van der Waals surface area contributed by atoms with Gasteiger partial charge in [-0.3, -0.25) is 0 Å². The largest absolute Gasteiger partial charge is 0.444 e. The van der Waals surface area contributed by atoms with Crippen LogP contribution >= 0.6 is 0 Å². The molecule has 1 aliphatic rings. The lowest BCUT2D eigenvalue weighted by molar-refractivity contribution is 0.0185. The summed E-state index contributed by atoms with van der Waals surface area (Å²) in [6, 6.07) is 9.92. The van der Waals surface area contributed by atoms with Crippen molar-refractivity contribution in [3.8, 4) is 6.07 Å². The molecule has 0 saturated carbocycles. The van der Waals surface area contributed by atoms with E-state index in [2.05, 4.69) is 6.07 Å². The Morgan fingerprint density at radius 3 is 2.16 bits per heavy atom. The van der Waals surface area contributed by atoms with E-state index in [0.717, 1.165) is 11.1 Å². The summed E-state index contributed by atoms with van der Waals surface area (Å²) in [5.41, 5.74) is 0.682. The van der Waals surface area contributed by atoms with Gasteiger partial charge in [0.05, 0.1) is 18.1 Å². The van der Waals surface area contributed by atoms with Crippen LogP contribution in [-0.4, -0.2) is 34.8 Å². The van der Waals surface area contributed by atoms with E-state index in [1.165, 1.54) is 0 Å². The Bertz CT molecular complexity index is 589. The first kappa shape index (κ1) is 21.0. The Kier molecular flexibility index (Phi) is 7.44. The zero-order valence-electron chi connectivity index (χ0n) is 16.0. The van der Waals surface area contributed by atoms with E-state index < -0.39 is 11.0 Å². The maximum absolute atomic E-state index is 12.1. The summed E-state index contributed by atoms with van der Waals surface area (Å²) in [5.74, 6) is 0. The van der Waals surface area contributed by atoms with E-state index in [1.807, 2.05) is 58.9 Å². The standard InChI is InChI=1S/C18H24N2O3.C2H6/c1-17(2,3)23-16(22)20-10-8-18(13-19,9-11-20)15-6-4-14(12-21)5-7-15;1-2/h4-7,21H,8-12H2,1-3H3;1-2H3. The second kappa shape index (κ2) is 8.87. The number of likely N-dealkylation sites (tertiary alicyclic amines) is 1. The Labute approximate surface area is 151 Å². The quantitative estimate of drug-likeness (QED) is 0.878. The van der Waals surface area contributed by atoms with Crippen molar-refractivity contribution in [2.24, 2.45) is 0 Å². The fourth-order valence-corrected chi connectivity index (χ4v) is 2.79. The van der Waals surface area contributed by atoms with Crippen molar-refractivity contribution in [1.82, 2.24) is 4.90 Å². The minimum atomic E-state index is -0.577. The number of hydrogen-bond donors (Lipinski definition) is 1. The summed E-state index contributed by atoms with van der Waals surface area (Å²) < 4.78 is 5.39. The second-order valence-corrected chi connectivity index (χ2v) is 7.02. The van der Waals surface area contributed by atoms with Crippen LogP contribution in [0.2, 0.25) is 0 Å². The molecule has 0 spiro atoms. The molecule has 0 aliphatic carbocycles. The van der Waals surface area contributed by atoms with E-state index in [9.17, 15) is 10.1 Å². The average Bonchev–Trinajstić information content (AvgIpc) is 2.62. The second-order valence-electron chi connectivity index (χ2n) is 7.02. The van der Waals surface area contributed by atoms with Crippen LogP contribution in [-0.2, 0) is 16.8 Å². The molecule has 138 valence electrons. The number of hydrogen-bond acceptors (Lipinski definition) is 4. The highest BCUT2D eigenvalue weighted by Gasteiger charge is 2.38. The van der Waals surface area contributed by atoms with Crippen LogP contribution in [0.1, 0.15) is 58.6 Å². The molecule has 0 atom stereocenters. The molecule has 5 nitrogen and oxygen atoms in total. The molecule has 1 aromatic rings. The molecule has 0 unspecified atom stereocenters. The van der Waals surface area contributed by atoms with Gasteiger partial charge < -0.3 is 14.7 Å². The zero-order valence-corrected chi connectivity index (χ0v) is 16.0. The minimum absolute atomic E-state index is 0.00768. The highest BCUT2D eigenvalue weighted by Crippen LogP contribution is 2.35. The van der Waals surface area contributed by atoms with Gasteiger partial charge >= 0.3 is 6.09 Å². The number of nitriles is 1. The van der Waals surface area contributed by atoms with Crippen LogP contribution in [0, 0.1) is 11.3 Å². The molecular formula is C20H30N2O3. The lowest BCUT2D eigenvalue weighted by atomic mass is 9.74. The SMILES string of the molecule is CC.CC(C)(C)OC(=O)N1CCC(C#N)(c2ccc(CO)cc2)CC1. The van der Waals surface area contributed by atoms with Crippen molar-refractivity contribution in [2.75, 3.05) is 13.1 Å². The Hall–Kier alpha value is -2.06. The molecule has 1 N–H and O–H groups in total. The summed E-state index contributed by atoms with van der Waals surface area (Å²) in [7, 11) is 0. The first-order valence-electron chi connectivity index (χ1n) is 8.89. The third-order valence-corrected chi connectivity index (χ3v) is 4.17. The number of carbonyl (C=O) groups excluding carboxylic acids is 1. The Balaban J connectivity index is 0.00000151. The van der Waals surface area contributed by atoms with Crippen LogP contribution in [0.25, 0.3) is 0 Å². The number of amides is 1. The Morgan fingerprint density at radius 2 is 1.76 bits per heavy atom. The number of nitrogens with zero attached hydrogens (tertiary/aromatic N) is 2. The molecular weight excluding hydrogens is 316 g/mol. The highest BCUT2D eigenvalue weighted by atomic mass is 16.6. The monoisotopic (exact) mass is 346 g/mol. The van der Waals surface area contributed by atoms with Gasteiger partial charge in [-0.25, -0.2) is 4.79 Å². The molecule has 0 radical (unpaired) electrons. The number of benzene rings is 1. The lowest BCUT2D eigenvalue weighted by Gasteiger charge is -2.38. The van der Waals surface area contributed by atoms with E-state index in [4.69, 9.17) is 9.84 Å². The number of carbonyl (C=O) groups is 1. The Morgan fingerprint density at radius 1 is 1.24 bits per heavy atom. The minimum Gasteiger partial charge on any atom is -0.444 e. The van der Waals surface area contributed by atoms with Crippen LogP contribution in [0.3, 0.4) is 0 Å². The average molecular weight is 346 g/mol. The van der Waals surface area contributed by atoms with Crippen molar-refractivity contribution >= 4 is 6.09 Å². The molecule has 1 aliphatic heterocycles. The smallest absolute Gasteiger partial charge is 0.410 e. The molecule has 1 amide bonds. The van der Waals surface area contributed by atoms with Gasteiger partial charge in [-0.1, -0.05) is 38.1 Å². The normalized spacial score (nSPS) is 16.3. The van der Waals surface area contributed by atoms with Crippen molar-refractivity contribution < 1.29 is 14.6 Å². The molecule has 0 aromatic heterocycles. The lowest BCUT2D eigenvalue weighted by Crippen LogP contribution is -2.46. The summed E-state index contributed by atoms with van der Waals surface area (Å²) in [6.45, 7) is 10.5. The van der Waals surface area contributed by atoms with E-state index in [0.29, 0.717) is 25.9 Å². The van der Waals surface area contributed by atoms with Crippen LogP contribution in [0.15, 0.2) is 24.3 Å². The van der Waals surface area contributed by atoms with Crippen molar-refractivity contribution in [3.63, 3.8) is 0 Å². The molecule has 5 heteroatoms. The number of ether oxygens (including phenoxy) is 1. The molecule has 25 heavy (non-hydrogen) atoms. The zero-order chi connectivity index (χ0) is 19.1. The number of aliphatic hydroxyl groups is 1.